The number of amides is 1. The summed E-state index contributed by atoms with van der Waals surface area (Å²) in [5.41, 5.74) is 0.850. The third-order valence-electron chi connectivity index (χ3n) is 3.14. The molecule has 0 fully saturated rings. The number of halogens is 4. The first-order valence-electron chi connectivity index (χ1n) is 6.79. The molecule has 2 heterocycles. The van der Waals surface area contributed by atoms with Crippen LogP contribution < -0.4 is 5.32 Å². The molecule has 3 aromatic rings. The standard InChI is InChI=1S/C15H8Cl4N4O2/c1-6-20-14(23-25-6)7-4-2-3-5-8(7)21-15(24)12-10(17)9(16)11(18)13(19)22-12/h2-5H,1H3,(H,21,24). The van der Waals surface area contributed by atoms with Crippen molar-refractivity contribution in [1.82, 2.24) is 15.1 Å². The molecule has 2 aromatic heterocycles. The molecule has 6 nitrogen and oxygen atoms in total. The molecule has 0 aliphatic carbocycles. The molecular weight excluding hydrogens is 410 g/mol. The Bertz CT molecular complexity index is 974. The largest absolute Gasteiger partial charge is 0.339 e. The first-order chi connectivity index (χ1) is 11.9. The number of anilines is 1. The Morgan fingerprint density at radius 2 is 1.76 bits per heavy atom. The average molecular weight is 418 g/mol. The number of aromatic nitrogens is 3. The van der Waals surface area contributed by atoms with Crippen molar-refractivity contribution in [1.29, 1.82) is 0 Å². The SMILES string of the molecule is Cc1nc(-c2ccccc2NC(=O)c2nc(Cl)c(Cl)c(Cl)c2Cl)no1. The molecule has 0 aliphatic heterocycles. The van der Waals surface area contributed by atoms with Crippen molar-refractivity contribution in [3.63, 3.8) is 0 Å². The number of pyridine rings is 1. The zero-order chi connectivity index (χ0) is 18.1. The van der Waals surface area contributed by atoms with Crippen molar-refractivity contribution < 1.29 is 9.32 Å². The molecule has 0 aliphatic rings. The Kier molecular flexibility index (Phi) is 5.15. The maximum Gasteiger partial charge on any atom is 0.275 e. The fourth-order valence-corrected chi connectivity index (χ4v) is 2.83. The number of rotatable bonds is 3. The summed E-state index contributed by atoms with van der Waals surface area (Å²) in [7, 11) is 0. The highest BCUT2D eigenvalue weighted by Crippen LogP contribution is 2.36. The van der Waals surface area contributed by atoms with Crippen LogP contribution in [0.15, 0.2) is 28.8 Å². The average Bonchev–Trinajstić information content (AvgIpc) is 3.03. The minimum atomic E-state index is -0.613. The molecule has 0 bridgehead atoms. The smallest absolute Gasteiger partial charge is 0.275 e. The van der Waals surface area contributed by atoms with Crippen LogP contribution in [0.25, 0.3) is 11.4 Å². The molecule has 1 N–H and O–H groups in total. The van der Waals surface area contributed by atoms with Crippen molar-refractivity contribution in [2.45, 2.75) is 6.92 Å². The predicted octanol–water partition coefficient (Wildman–Crippen LogP) is 5.31. The van der Waals surface area contributed by atoms with Crippen LogP contribution in [0.5, 0.6) is 0 Å². The number of hydrogen-bond acceptors (Lipinski definition) is 5. The molecule has 0 atom stereocenters. The fraction of sp³-hybridized carbons (Fsp3) is 0.0667. The van der Waals surface area contributed by atoms with E-state index in [2.05, 4.69) is 20.4 Å². The van der Waals surface area contributed by atoms with Crippen molar-refractivity contribution in [3.8, 4) is 11.4 Å². The van der Waals surface area contributed by atoms with Crippen LogP contribution in [0.1, 0.15) is 16.4 Å². The molecular formula is C15H8Cl4N4O2. The first kappa shape index (κ1) is 17.9. The van der Waals surface area contributed by atoms with Gasteiger partial charge < -0.3 is 9.84 Å². The van der Waals surface area contributed by atoms with Gasteiger partial charge in [0, 0.05) is 12.5 Å². The van der Waals surface area contributed by atoms with Gasteiger partial charge in [-0.25, -0.2) is 4.98 Å². The monoisotopic (exact) mass is 416 g/mol. The van der Waals surface area contributed by atoms with E-state index < -0.39 is 5.91 Å². The van der Waals surface area contributed by atoms with Crippen molar-refractivity contribution in [2.75, 3.05) is 5.32 Å². The molecule has 3 rings (SSSR count). The molecule has 1 aromatic carbocycles. The van der Waals surface area contributed by atoms with Gasteiger partial charge in [-0.2, -0.15) is 4.98 Å². The third kappa shape index (κ3) is 3.57. The zero-order valence-corrected chi connectivity index (χ0v) is 15.5. The van der Waals surface area contributed by atoms with Gasteiger partial charge in [0.25, 0.3) is 5.91 Å². The van der Waals surface area contributed by atoms with Crippen LogP contribution in [-0.4, -0.2) is 21.0 Å². The van der Waals surface area contributed by atoms with Gasteiger partial charge >= 0.3 is 0 Å². The Labute approximate surface area is 162 Å². The summed E-state index contributed by atoms with van der Waals surface area (Å²) in [4.78, 5) is 20.6. The fourth-order valence-electron chi connectivity index (χ4n) is 2.01. The number of nitrogens with zero attached hydrogens (tertiary/aromatic N) is 3. The van der Waals surface area contributed by atoms with Gasteiger partial charge in [-0.1, -0.05) is 63.7 Å². The lowest BCUT2D eigenvalue weighted by molar-refractivity contribution is 0.102. The van der Waals surface area contributed by atoms with Gasteiger partial charge in [0.2, 0.25) is 11.7 Å². The van der Waals surface area contributed by atoms with Crippen LogP contribution in [0.3, 0.4) is 0 Å². The van der Waals surface area contributed by atoms with E-state index in [1.807, 2.05) is 0 Å². The van der Waals surface area contributed by atoms with Crippen LogP contribution in [0.2, 0.25) is 20.2 Å². The lowest BCUT2D eigenvalue weighted by atomic mass is 10.1. The van der Waals surface area contributed by atoms with E-state index in [4.69, 9.17) is 50.9 Å². The number of para-hydroxylation sites is 1. The van der Waals surface area contributed by atoms with E-state index in [9.17, 15) is 4.79 Å². The summed E-state index contributed by atoms with van der Waals surface area (Å²) in [5.74, 6) is 0.120. The maximum atomic E-state index is 12.6. The summed E-state index contributed by atoms with van der Waals surface area (Å²) >= 11 is 23.7. The predicted molar refractivity (Wildman–Crippen MR) is 96.7 cm³/mol. The third-order valence-corrected chi connectivity index (χ3v) is 4.82. The van der Waals surface area contributed by atoms with E-state index in [-0.39, 0.29) is 25.9 Å². The summed E-state index contributed by atoms with van der Waals surface area (Å²) in [6.45, 7) is 1.67. The van der Waals surface area contributed by atoms with Gasteiger partial charge in [-0.05, 0) is 12.1 Å². The minimum absolute atomic E-state index is 0.0208. The highest BCUT2D eigenvalue weighted by molar-refractivity contribution is 6.52. The van der Waals surface area contributed by atoms with Gasteiger partial charge in [-0.15, -0.1) is 0 Å². The number of aryl methyl sites for hydroxylation is 1. The highest BCUT2D eigenvalue weighted by Gasteiger charge is 2.21. The van der Waals surface area contributed by atoms with Gasteiger partial charge in [-0.3, -0.25) is 4.79 Å². The second-order valence-corrected chi connectivity index (χ2v) is 6.32. The van der Waals surface area contributed by atoms with Crippen LogP contribution in [-0.2, 0) is 0 Å². The van der Waals surface area contributed by atoms with E-state index >= 15 is 0 Å². The summed E-state index contributed by atoms with van der Waals surface area (Å²) < 4.78 is 4.97. The highest BCUT2D eigenvalue weighted by atomic mass is 35.5. The number of carbonyl (C=O) groups excluding carboxylic acids is 1. The van der Waals surface area contributed by atoms with E-state index in [1.165, 1.54) is 0 Å². The van der Waals surface area contributed by atoms with Crippen LogP contribution in [0, 0.1) is 6.92 Å². The molecule has 0 saturated heterocycles. The number of hydrogen-bond donors (Lipinski definition) is 1. The minimum Gasteiger partial charge on any atom is -0.339 e. The van der Waals surface area contributed by atoms with E-state index in [0.29, 0.717) is 23.0 Å². The zero-order valence-electron chi connectivity index (χ0n) is 12.5. The van der Waals surface area contributed by atoms with Crippen molar-refractivity contribution in [3.05, 3.63) is 56.1 Å². The van der Waals surface area contributed by atoms with Crippen molar-refractivity contribution in [2.24, 2.45) is 0 Å². The summed E-state index contributed by atoms with van der Waals surface area (Å²) in [6.07, 6.45) is 0. The molecule has 0 radical (unpaired) electrons. The number of benzene rings is 1. The Balaban J connectivity index is 1.98. The Hall–Kier alpha value is -1.86. The quantitative estimate of drug-likeness (QED) is 0.584. The second kappa shape index (κ2) is 7.17. The molecule has 10 heteroatoms. The maximum absolute atomic E-state index is 12.6. The molecule has 128 valence electrons. The molecule has 0 saturated carbocycles. The number of nitrogens with one attached hydrogen (secondary N) is 1. The van der Waals surface area contributed by atoms with Gasteiger partial charge in [0.1, 0.15) is 10.8 Å². The second-order valence-electron chi connectivity index (χ2n) is 4.83. The van der Waals surface area contributed by atoms with Gasteiger partial charge in [0.05, 0.1) is 20.8 Å². The first-order valence-corrected chi connectivity index (χ1v) is 8.30. The molecule has 0 unspecified atom stereocenters. The summed E-state index contributed by atoms with van der Waals surface area (Å²) in [5, 5.41) is 6.24. The Morgan fingerprint density at radius 3 is 2.44 bits per heavy atom. The van der Waals surface area contributed by atoms with Gasteiger partial charge in [0.15, 0.2) is 0 Å². The molecule has 0 spiro atoms. The van der Waals surface area contributed by atoms with Crippen LogP contribution >= 0.6 is 46.4 Å². The topological polar surface area (TPSA) is 80.9 Å². The number of carbonyl (C=O) groups is 1. The Morgan fingerprint density at radius 1 is 1.04 bits per heavy atom. The van der Waals surface area contributed by atoms with Crippen molar-refractivity contribution >= 4 is 58.0 Å². The lowest BCUT2D eigenvalue weighted by Gasteiger charge is -2.11. The van der Waals surface area contributed by atoms with Crippen LogP contribution in [0.4, 0.5) is 5.69 Å². The van der Waals surface area contributed by atoms with E-state index in [0.717, 1.165) is 0 Å². The lowest BCUT2D eigenvalue weighted by Crippen LogP contribution is -2.15. The molecule has 1 amide bonds. The summed E-state index contributed by atoms with van der Waals surface area (Å²) in [6, 6.07) is 6.92. The molecule has 25 heavy (non-hydrogen) atoms. The normalized spacial score (nSPS) is 10.8. The van der Waals surface area contributed by atoms with E-state index in [1.54, 1.807) is 31.2 Å².